The zero-order valence-electron chi connectivity index (χ0n) is 22.7. The van der Waals surface area contributed by atoms with Gasteiger partial charge in [0, 0.05) is 23.5 Å². The molecule has 1 aliphatic carbocycles. The Balaban J connectivity index is 1.30. The van der Waals surface area contributed by atoms with Gasteiger partial charge in [-0.2, -0.15) is 5.10 Å². The predicted molar refractivity (Wildman–Crippen MR) is 164 cm³/mol. The molecule has 0 aliphatic heterocycles. The lowest BCUT2D eigenvalue weighted by atomic mass is 9.95. The number of halogens is 1. The minimum absolute atomic E-state index is 0.383. The van der Waals surface area contributed by atoms with E-state index in [4.69, 9.17) is 26.4 Å². The van der Waals surface area contributed by atoms with Crippen molar-refractivity contribution in [3.05, 3.63) is 89.3 Å². The summed E-state index contributed by atoms with van der Waals surface area (Å²) in [7, 11) is 0. The van der Waals surface area contributed by atoms with E-state index in [0.29, 0.717) is 34.1 Å². The van der Waals surface area contributed by atoms with Gasteiger partial charge in [0.15, 0.2) is 5.13 Å². The summed E-state index contributed by atoms with van der Waals surface area (Å²) in [5, 5.41) is 12.0. The fourth-order valence-electron chi connectivity index (χ4n) is 4.81. The quantitative estimate of drug-likeness (QED) is 0.193. The van der Waals surface area contributed by atoms with Crippen molar-refractivity contribution in [2.24, 2.45) is 5.92 Å². The van der Waals surface area contributed by atoms with Gasteiger partial charge < -0.3 is 10.1 Å². The van der Waals surface area contributed by atoms with Crippen molar-refractivity contribution in [1.82, 2.24) is 19.7 Å². The molecule has 3 aromatic heterocycles. The Morgan fingerprint density at radius 1 is 1.07 bits per heavy atom. The number of carbonyl (C=O) groups excluding carboxylic acids is 1. The molecule has 2 amide bonds. The van der Waals surface area contributed by atoms with Gasteiger partial charge in [-0.3, -0.25) is 10.3 Å². The van der Waals surface area contributed by atoms with Crippen LogP contribution in [-0.4, -0.2) is 32.4 Å². The second-order valence-corrected chi connectivity index (χ2v) is 11.6. The number of carbonyl (C=O) groups is 1. The third-order valence-electron chi connectivity index (χ3n) is 6.83. The molecule has 3 heterocycles. The number of para-hydroxylation sites is 3. The van der Waals surface area contributed by atoms with Gasteiger partial charge in [0.25, 0.3) is 0 Å². The number of aromatic nitrogens is 4. The number of hydrogen-bond acceptors (Lipinski definition) is 6. The Morgan fingerprint density at radius 3 is 2.71 bits per heavy atom. The molecule has 0 atom stereocenters. The second kappa shape index (κ2) is 11.7. The summed E-state index contributed by atoms with van der Waals surface area (Å²) >= 11 is 8.06. The van der Waals surface area contributed by atoms with Gasteiger partial charge in [-0.1, -0.05) is 61.1 Å². The van der Waals surface area contributed by atoms with Crippen molar-refractivity contribution >= 4 is 39.8 Å². The molecule has 41 heavy (non-hydrogen) atoms. The number of nitrogens with one attached hydrogen (secondary N) is 2. The number of thiazole rings is 1. The van der Waals surface area contributed by atoms with Crippen molar-refractivity contribution in [1.29, 1.82) is 0 Å². The van der Waals surface area contributed by atoms with Crippen molar-refractivity contribution < 1.29 is 9.53 Å². The first-order valence-electron chi connectivity index (χ1n) is 13.5. The standard InChI is InChI=1S/C31H29ClN6O2S/c1-19(2)15-17-40-26-12-6-4-10-23(26)34-30(39)36-31-35-24-14-13-21-27(20-8-7-16-33-18-20)37-38(28(21)29(24)41-31)25-11-5-3-9-22(25)32/h3-12,16,18-19H,13-15,17H2,1-2H3,(H2,34,35,36,39). The Labute approximate surface area is 247 Å². The van der Waals surface area contributed by atoms with Gasteiger partial charge >= 0.3 is 6.03 Å². The smallest absolute Gasteiger partial charge is 0.325 e. The number of urea groups is 1. The summed E-state index contributed by atoms with van der Waals surface area (Å²) in [6.07, 6.45) is 6.00. The maximum Gasteiger partial charge on any atom is 0.325 e. The third-order valence-corrected chi connectivity index (χ3v) is 8.17. The first-order chi connectivity index (χ1) is 20.0. The molecule has 0 fully saturated rings. The highest BCUT2D eigenvalue weighted by Crippen LogP contribution is 2.44. The summed E-state index contributed by atoms with van der Waals surface area (Å²) in [5.74, 6) is 1.17. The molecule has 0 spiro atoms. The predicted octanol–water partition coefficient (Wildman–Crippen LogP) is 7.88. The normalized spacial score (nSPS) is 12.1. The molecule has 5 aromatic rings. The number of nitrogens with zero attached hydrogens (tertiary/aromatic N) is 4. The van der Waals surface area contributed by atoms with Crippen LogP contribution in [0.15, 0.2) is 73.1 Å². The van der Waals surface area contributed by atoms with Crippen LogP contribution in [0.25, 0.3) is 27.5 Å². The average molecular weight is 585 g/mol. The van der Waals surface area contributed by atoms with E-state index in [2.05, 4.69) is 29.5 Å². The lowest BCUT2D eigenvalue weighted by Gasteiger charge is -2.14. The summed E-state index contributed by atoms with van der Waals surface area (Å²) in [4.78, 5) is 23.1. The molecule has 2 aromatic carbocycles. The van der Waals surface area contributed by atoms with E-state index in [1.54, 1.807) is 6.20 Å². The summed E-state index contributed by atoms with van der Waals surface area (Å²) in [6.45, 7) is 4.89. The molecule has 0 bridgehead atoms. The van der Waals surface area contributed by atoms with Crippen LogP contribution in [0.2, 0.25) is 5.02 Å². The number of amides is 2. The van der Waals surface area contributed by atoms with Crippen LogP contribution in [0.5, 0.6) is 5.75 Å². The second-order valence-electron chi connectivity index (χ2n) is 10.2. The zero-order valence-corrected chi connectivity index (χ0v) is 24.3. The Bertz CT molecular complexity index is 1700. The van der Waals surface area contributed by atoms with Gasteiger partial charge in [0.2, 0.25) is 0 Å². The fourth-order valence-corrected chi connectivity index (χ4v) is 6.09. The monoisotopic (exact) mass is 584 g/mol. The average Bonchev–Trinajstić information content (AvgIpc) is 3.55. The molecule has 2 N–H and O–H groups in total. The van der Waals surface area contributed by atoms with Crippen LogP contribution in [0.4, 0.5) is 15.6 Å². The van der Waals surface area contributed by atoms with E-state index >= 15 is 0 Å². The van der Waals surface area contributed by atoms with Crippen LogP contribution in [-0.2, 0) is 12.8 Å². The minimum Gasteiger partial charge on any atom is -0.491 e. The maximum absolute atomic E-state index is 13.0. The van der Waals surface area contributed by atoms with Crippen LogP contribution in [0, 0.1) is 5.92 Å². The number of anilines is 2. The third kappa shape index (κ3) is 5.68. The molecule has 1 aliphatic rings. The summed E-state index contributed by atoms with van der Waals surface area (Å²) < 4.78 is 7.82. The number of aryl methyl sites for hydroxylation is 1. The highest BCUT2D eigenvalue weighted by Gasteiger charge is 2.30. The van der Waals surface area contributed by atoms with Gasteiger partial charge in [-0.05, 0) is 61.6 Å². The highest BCUT2D eigenvalue weighted by molar-refractivity contribution is 7.19. The van der Waals surface area contributed by atoms with E-state index in [9.17, 15) is 4.79 Å². The lowest BCUT2D eigenvalue weighted by Crippen LogP contribution is -2.20. The molecule has 0 saturated heterocycles. The van der Waals surface area contributed by atoms with Crippen LogP contribution in [0.1, 0.15) is 31.5 Å². The van der Waals surface area contributed by atoms with E-state index in [1.165, 1.54) is 11.3 Å². The summed E-state index contributed by atoms with van der Waals surface area (Å²) in [6, 6.07) is 18.6. The largest absolute Gasteiger partial charge is 0.491 e. The van der Waals surface area contributed by atoms with Gasteiger partial charge in [0.05, 0.1) is 45.0 Å². The molecular formula is C31H29ClN6O2S. The van der Waals surface area contributed by atoms with Crippen LogP contribution in [0.3, 0.4) is 0 Å². The van der Waals surface area contributed by atoms with Gasteiger partial charge in [-0.25, -0.2) is 14.5 Å². The van der Waals surface area contributed by atoms with Crippen molar-refractivity contribution in [2.45, 2.75) is 33.1 Å². The van der Waals surface area contributed by atoms with E-state index in [1.807, 2.05) is 71.5 Å². The van der Waals surface area contributed by atoms with E-state index < -0.39 is 0 Å². The molecule has 10 heteroatoms. The Kier molecular flexibility index (Phi) is 7.71. The van der Waals surface area contributed by atoms with E-state index in [-0.39, 0.29) is 6.03 Å². The van der Waals surface area contributed by atoms with E-state index in [0.717, 1.165) is 58.0 Å². The van der Waals surface area contributed by atoms with Gasteiger partial charge in [0.1, 0.15) is 5.75 Å². The van der Waals surface area contributed by atoms with Gasteiger partial charge in [-0.15, -0.1) is 0 Å². The fraction of sp³-hybridized carbons (Fsp3) is 0.226. The molecular weight excluding hydrogens is 556 g/mol. The lowest BCUT2D eigenvalue weighted by molar-refractivity contribution is 0.261. The Hall–Kier alpha value is -4.21. The minimum atomic E-state index is -0.383. The number of ether oxygens (including phenoxy) is 1. The number of pyridine rings is 1. The highest BCUT2D eigenvalue weighted by atomic mass is 35.5. The molecule has 208 valence electrons. The first-order valence-corrected chi connectivity index (χ1v) is 14.7. The molecule has 0 unspecified atom stereocenters. The number of fused-ring (bicyclic) bond motifs is 3. The molecule has 0 saturated carbocycles. The number of rotatable bonds is 8. The molecule has 6 rings (SSSR count). The number of benzene rings is 2. The van der Waals surface area contributed by atoms with Crippen molar-refractivity contribution in [2.75, 3.05) is 17.2 Å². The molecule has 8 nitrogen and oxygen atoms in total. The van der Waals surface area contributed by atoms with Crippen molar-refractivity contribution in [3.8, 4) is 33.3 Å². The number of hydrogen-bond donors (Lipinski definition) is 2. The Morgan fingerprint density at radius 2 is 1.90 bits per heavy atom. The van der Waals surface area contributed by atoms with Crippen molar-refractivity contribution in [3.63, 3.8) is 0 Å². The SMILES string of the molecule is CC(C)CCOc1ccccc1NC(=O)Nc1nc2c(s1)-c1c(c(-c3cccnc3)nn1-c1ccccc1Cl)CC2. The maximum atomic E-state index is 13.0. The summed E-state index contributed by atoms with van der Waals surface area (Å²) in [5.41, 5.74) is 6.16. The molecule has 0 radical (unpaired) electrons. The first kappa shape index (κ1) is 27.0. The topological polar surface area (TPSA) is 94.0 Å². The van der Waals surface area contributed by atoms with Crippen LogP contribution >= 0.6 is 22.9 Å². The zero-order chi connectivity index (χ0) is 28.3. The van der Waals surface area contributed by atoms with Crippen LogP contribution < -0.4 is 15.4 Å².